The molecular weight excluding hydrogens is 419 g/mol. The summed E-state index contributed by atoms with van der Waals surface area (Å²) in [5.41, 5.74) is 5.46. The van der Waals surface area contributed by atoms with E-state index < -0.39 is 17.1 Å². The fourth-order valence-corrected chi connectivity index (χ4v) is 6.72. The molecule has 4 aliphatic carbocycles. The number of hydrogen-bond acceptors (Lipinski definition) is 5. The summed E-state index contributed by atoms with van der Waals surface area (Å²) in [7, 11) is 0. The molecule has 0 spiro atoms. The first kappa shape index (κ1) is 20.1. The van der Waals surface area contributed by atoms with Gasteiger partial charge in [0.2, 0.25) is 5.91 Å². The highest BCUT2D eigenvalue weighted by Crippen LogP contribution is 2.59. The molecule has 2 atom stereocenters. The van der Waals surface area contributed by atoms with Gasteiger partial charge in [0.25, 0.3) is 11.8 Å². The first-order valence-corrected chi connectivity index (χ1v) is 11.3. The average molecular weight is 443 g/mol. The van der Waals surface area contributed by atoms with Crippen molar-refractivity contribution in [2.24, 2.45) is 28.9 Å². The largest absolute Gasteiger partial charge is 0.369 e. The third-order valence-electron chi connectivity index (χ3n) is 7.17. The van der Waals surface area contributed by atoms with Gasteiger partial charge in [-0.3, -0.25) is 19.7 Å². The summed E-state index contributed by atoms with van der Waals surface area (Å²) < 4.78 is 13.8. The molecule has 0 saturated heterocycles. The van der Waals surface area contributed by atoms with Gasteiger partial charge in [-0.05, 0) is 62.0 Å². The Bertz CT molecular complexity index is 1050. The third kappa shape index (κ3) is 3.50. The Hall–Kier alpha value is -2.81. The van der Waals surface area contributed by atoms with Crippen LogP contribution in [0, 0.1) is 29.0 Å². The second kappa shape index (κ2) is 7.40. The number of carbonyl (C=O) groups excluding carboxylic acids is 3. The number of carbonyl (C=O) groups is 3. The van der Waals surface area contributed by atoms with Gasteiger partial charge in [-0.15, -0.1) is 11.3 Å². The summed E-state index contributed by atoms with van der Waals surface area (Å²) in [6.07, 6.45) is 4.38. The Morgan fingerprint density at radius 1 is 1.10 bits per heavy atom. The van der Waals surface area contributed by atoms with E-state index >= 15 is 0 Å². The van der Waals surface area contributed by atoms with Gasteiger partial charge in [0.1, 0.15) is 11.5 Å². The number of nitrogens with two attached hydrogens (primary N) is 1. The van der Waals surface area contributed by atoms with E-state index in [-0.39, 0.29) is 46.1 Å². The molecule has 4 aliphatic rings. The number of anilines is 1. The Balaban J connectivity index is 1.25. The molecule has 2 aromatic rings. The molecule has 9 heteroatoms. The molecule has 0 radical (unpaired) electrons. The molecule has 4 bridgehead atoms. The van der Waals surface area contributed by atoms with E-state index in [0.717, 1.165) is 43.4 Å². The monoisotopic (exact) mass is 442 g/mol. The maximum absolute atomic E-state index is 13.8. The summed E-state index contributed by atoms with van der Waals surface area (Å²) in [5.74, 6) is -0.720. The van der Waals surface area contributed by atoms with Crippen LogP contribution in [0.3, 0.4) is 0 Å². The first-order chi connectivity index (χ1) is 14.8. The van der Waals surface area contributed by atoms with Crippen molar-refractivity contribution in [2.75, 3.05) is 5.32 Å². The topological polar surface area (TPSA) is 114 Å². The Labute approximate surface area is 182 Å². The molecule has 2 unspecified atom stereocenters. The maximum Gasteiger partial charge on any atom is 0.271 e. The normalized spacial score (nSPS) is 30.7. The zero-order chi connectivity index (χ0) is 21.8. The summed E-state index contributed by atoms with van der Waals surface area (Å²) >= 11 is 1.11. The number of amides is 3. The zero-order valence-electron chi connectivity index (χ0n) is 16.8. The molecule has 4 saturated carbocycles. The van der Waals surface area contributed by atoms with Crippen LogP contribution in [0.5, 0.6) is 0 Å². The summed E-state index contributed by atoms with van der Waals surface area (Å²) in [6, 6.07) is 5.69. The number of aromatic nitrogens is 1. The van der Waals surface area contributed by atoms with Crippen molar-refractivity contribution in [3.63, 3.8) is 0 Å². The maximum atomic E-state index is 13.8. The summed E-state index contributed by atoms with van der Waals surface area (Å²) in [5, 5.41) is 7.48. The van der Waals surface area contributed by atoms with Crippen LogP contribution in [0.2, 0.25) is 0 Å². The quantitative estimate of drug-likeness (QED) is 0.660. The van der Waals surface area contributed by atoms with E-state index in [1.54, 1.807) is 11.4 Å². The lowest BCUT2D eigenvalue weighted by atomic mass is 9.47. The van der Waals surface area contributed by atoms with E-state index in [9.17, 15) is 18.8 Å². The van der Waals surface area contributed by atoms with Gasteiger partial charge in [-0.1, -0.05) is 12.1 Å². The molecule has 4 fully saturated rings. The smallest absolute Gasteiger partial charge is 0.271 e. The van der Waals surface area contributed by atoms with Crippen molar-refractivity contribution in [3.8, 4) is 0 Å². The minimum Gasteiger partial charge on any atom is -0.369 e. The third-order valence-corrected chi connectivity index (χ3v) is 7.93. The minimum absolute atomic E-state index is 0.00896. The van der Waals surface area contributed by atoms with Crippen LogP contribution < -0.4 is 16.4 Å². The molecule has 1 aromatic heterocycles. The number of primary amides is 1. The van der Waals surface area contributed by atoms with Crippen LogP contribution in [0.4, 0.5) is 9.52 Å². The van der Waals surface area contributed by atoms with Gasteiger partial charge >= 0.3 is 0 Å². The predicted molar refractivity (Wildman–Crippen MR) is 113 cm³/mol. The van der Waals surface area contributed by atoms with E-state index in [0.29, 0.717) is 5.92 Å². The number of rotatable bonds is 5. The van der Waals surface area contributed by atoms with Crippen LogP contribution >= 0.6 is 11.3 Å². The lowest BCUT2D eigenvalue weighted by molar-refractivity contribution is -0.145. The molecule has 4 N–H and O–H groups in total. The van der Waals surface area contributed by atoms with Gasteiger partial charge in [0.05, 0.1) is 5.56 Å². The zero-order valence-corrected chi connectivity index (χ0v) is 17.6. The number of hydrogen-bond donors (Lipinski definition) is 3. The van der Waals surface area contributed by atoms with Crippen molar-refractivity contribution in [1.82, 2.24) is 10.3 Å². The van der Waals surface area contributed by atoms with E-state index in [2.05, 4.69) is 15.6 Å². The molecule has 162 valence electrons. The highest BCUT2D eigenvalue weighted by molar-refractivity contribution is 7.14. The van der Waals surface area contributed by atoms with E-state index in [4.69, 9.17) is 5.73 Å². The van der Waals surface area contributed by atoms with Gasteiger partial charge in [-0.25, -0.2) is 9.37 Å². The molecule has 1 aromatic carbocycles. The second-order valence-electron chi connectivity index (χ2n) is 9.09. The molecule has 1 heterocycles. The van der Waals surface area contributed by atoms with E-state index in [1.807, 2.05) is 0 Å². The lowest BCUT2D eigenvalue weighted by Gasteiger charge is -2.58. The standard InChI is InChI=1S/C22H23FN4O3S/c23-15-4-2-1-3-14(15)18(28)27-21-25-16(10-31-21)19(29)26-17-12-5-11-6-13(17)9-22(7-11,8-12)20(24)30/h1-4,10-13,17H,5-9H2,(H2,24,30)(H,26,29)(H,25,27,28). The van der Waals surface area contributed by atoms with Crippen LogP contribution in [0.25, 0.3) is 0 Å². The fourth-order valence-electron chi connectivity index (χ4n) is 6.03. The molecule has 3 amide bonds. The predicted octanol–water partition coefficient (Wildman–Crippen LogP) is 2.94. The van der Waals surface area contributed by atoms with Crippen LogP contribution in [-0.4, -0.2) is 28.7 Å². The molecule has 0 aliphatic heterocycles. The summed E-state index contributed by atoms with van der Waals surface area (Å²) in [4.78, 5) is 41.4. The van der Waals surface area contributed by atoms with Crippen molar-refractivity contribution in [2.45, 2.75) is 38.1 Å². The lowest BCUT2D eigenvalue weighted by Crippen LogP contribution is -2.62. The first-order valence-electron chi connectivity index (χ1n) is 10.5. The SMILES string of the molecule is NC(=O)C12CC3CC(C1)C(NC(=O)c1csc(NC(=O)c4ccccc4F)n1)C(C3)C2. The number of benzene rings is 1. The number of halogens is 1. The van der Waals surface area contributed by atoms with Gasteiger partial charge in [0, 0.05) is 16.8 Å². The number of thiazole rings is 1. The highest BCUT2D eigenvalue weighted by Gasteiger charge is 2.58. The molecular formula is C22H23FN4O3S. The van der Waals surface area contributed by atoms with Gasteiger partial charge in [-0.2, -0.15) is 0 Å². The number of nitrogens with zero attached hydrogens (tertiary/aromatic N) is 1. The second-order valence-corrected chi connectivity index (χ2v) is 9.94. The van der Waals surface area contributed by atoms with E-state index in [1.165, 1.54) is 18.2 Å². The Morgan fingerprint density at radius 3 is 2.48 bits per heavy atom. The van der Waals surface area contributed by atoms with Crippen molar-refractivity contribution < 1.29 is 18.8 Å². The fraction of sp³-hybridized carbons (Fsp3) is 0.455. The highest BCUT2D eigenvalue weighted by atomic mass is 32.1. The summed E-state index contributed by atoms with van der Waals surface area (Å²) in [6.45, 7) is 0. The van der Waals surface area contributed by atoms with Crippen molar-refractivity contribution in [1.29, 1.82) is 0 Å². The van der Waals surface area contributed by atoms with Crippen LogP contribution in [0.1, 0.15) is 53.0 Å². The molecule has 7 nitrogen and oxygen atoms in total. The minimum atomic E-state index is -0.620. The average Bonchev–Trinajstić information content (AvgIpc) is 3.19. The van der Waals surface area contributed by atoms with Gasteiger partial charge < -0.3 is 11.1 Å². The number of nitrogens with one attached hydrogen (secondary N) is 2. The Morgan fingerprint density at radius 2 is 1.81 bits per heavy atom. The van der Waals surface area contributed by atoms with Crippen molar-refractivity contribution >= 4 is 34.2 Å². The van der Waals surface area contributed by atoms with Gasteiger partial charge in [0.15, 0.2) is 5.13 Å². The Kier molecular flexibility index (Phi) is 4.80. The van der Waals surface area contributed by atoms with Crippen LogP contribution in [-0.2, 0) is 4.79 Å². The molecule has 31 heavy (non-hydrogen) atoms. The van der Waals surface area contributed by atoms with Crippen LogP contribution in [0.15, 0.2) is 29.6 Å². The van der Waals surface area contributed by atoms with Crippen molar-refractivity contribution in [3.05, 3.63) is 46.7 Å². The molecule has 6 rings (SSSR count).